The summed E-state index contributed by atoms with van der Waals surface area (Å²) in [6, 6.07) is 7.69. The Hall–Kier alpha value is -1.42. The van der Waals surface area contributed by atoms with Gasteiger partial charge in [0.25, 0.3) is 0 Å². The van der Waals surface area contributed by atoms with Gasteiger partial charge in [-0.05, 0) is 50.8 Å². The number of hydrogen-bond donors (Lipinski definition) is 0. The highest BCUT2D eigenvalue weighted by Gasteiger charge is 2.59. The van der Waals surface area contributed by atoms with Crippen LogP contribution in [0.4, 0.5) is 0 Å². The molecular weight excluding hydrogens is 356 g/mol. The van der Waals surface area contributed by atoms with E-state index in [-0.39, 0.29) is 5.78 Å². The van der Waals surface area contributed by atoms with E-state index >= 15 is 0 Å². The second-order valence-corrected chi connectivity index (χ2v) is 7.90. The Labute approximate surface area is 145 Å². The number of rotatable bonds is 1. The number of allylic oxidation sites excluding steroid dienone is 1. The fraction of sp³-hybridized carbons (Fsp3) is 0.474. The molecule has 1 heterocycles. The van der Waals surface area contributed by atoms with E-state index in [4.69, 9.17) is 4.74 Å². The van der Waals surface area contributed by atoms with Gasteiger partial charge in [-0.2, -0.15) is 0 Å². The van der Waals surface area contributed by atoms with E-state index < -0.39 is 22.9 Å². The van der Waals surface area contributed by atoms with Crippen molar-refractivity contribution in [2.75, 3.05) is 0 Å². The first-order valence-electron chi connectivity index (χ1n) is 8.07. The van der Waals surface area contributed by atoms with Gasteiger partial charge < -0.3 is 4.74 Å². The van der Waals surface area contributed by atoms with Crippen LogP contribution >= 0.6 is 15.9 Å². The number of ketones is 1. The lowest BCUT2D eigenvalue weighted by atomic mass is 9.63. The Bertz CT molecular complexity index is 660. The molecule has 0 bridgehead atoms. The Kier molecular flexibility index (Phi) is 4.21. The van der Waals surface area contributed by atoms with Gasteiger partial charge in [-0.3, -0.25) is 9.59 Å². The molecule has 0 amide bonds. The number of cyclic esters (lactones) is 1. The molecule has 0 saturated carbocycles. The SMILES string of the molecule is CC1(C)C(=O)OC(c2ccc(Br)cc2)C2(C=CCCCC2)C1=O. The summed E-state index contributed by atoms with van der Waals surface area (Å²) in [6.07, 6.45) is 7.25. The summed E-state index contributed by atoms with van der Waals surface area (Å²) >= 11 is 3.42. The summed E-state index contributed by atoms with van der Waals surface area (Å²) in [4.78, 5) is 25.7. The average molecular weight is 377 g/mol. The lowest BCUT2D eigenvalue weighted by molar-refractivity contribution is -0.185. The van der Waals surface area contributed by atoms with Crippen LogP contribution in [-0.4, -0.2) is 11.8 Å². The molecule has 0 radical (unpaired) electrons. The van der Waals surface area contributed by atoms with Crippen LogP contribution in [0.3, 0.4) is 0 Å². The van der Waals surface area contributed by atoms with Crippen molar-refractivity contribution in [1.82, 2.24) is 0 Å². The number of ether oxygens (including phenoxy) is 1. The maximum Gasteiger partial charge on any atom is 0.319 e. The van der Waals surface area contributed by atoms with E-state index in [1.165, 1.54) is 0 Å². The van der Waals surface area contributed by atoms with Gasteiger partial charge in [0.1, 0.15) is 11.5 Å². The van der Waals surface area contributed by atoms with E-state index in [1.807, 2.05) is 30.3 Å². The molecule has 1 spiro atoms. The lowest BCUT2D eigenvalue weighted by Crippen LogP contribution is -2.54. The molecule has 0 N–H and O–H groups in total. The molecule has 3 nitrogen and oxygen atoms in total. The monoisotopic (exact) mass is 376 g/mol. The van der Waals surface area contributed by atoms with E-state index in [1.54, 1.807) is 13.8 Å². The average Bonchev–Trinajstić information content (AvgIpc) is 2.78. The van der Waals surface area contributed by atoms with Crippen LogP contribution in [0.15, 0.2) is 40.9 Å². The number of carbonyl (C=O) groups excluding carboxylic acids is 2. The third-order valence-electron chi connectivity index (χ3n) is 4.99. The first-order chi connectivity index (χ1) is 10.9. The zero-order valence-corrected chi connectivity index (χ0v) is 15.1. The zero-order chi connectivity index (χ0) is 16.7. The van der Waals surface area contributed by atoms with Crippen LogP contribution in [0.25, 0.3) is 0 Å². The molecule has 0 aromatic heterocycles. The van der Waals surface area contributed by atoms with Crippen LogP contribution in [-0.2, 0) is 14.3 Å². The summed E-state index contributed by atoms with van der Waals surface area (Å²) < 4.78 is 6.78. The summed E-state index contributed by atoms with van der Waals surface area (Å²) in [6.45, 7) is 3.35. The highest BCUT2D eigenvalue weighted by molar-refractivity contribution is 9.10. The number of esters is 1. The van der Waals surface area contributed by atoms with Gasteiger partial charge in [-0.25, -0.2) is 0 Å². The van der Waals surface area contributed by atoms with Gasteiger partial charge >= 0.3 is 5.97 Å². The largest absolute Gasteiger partial charge is 0.455 e. The van der Waals surface area contributed by atoms with E-state index in [0.717, 1.165) is 35.7 Å². The van der Waals surface area contributed by atoms with Crippen molar-refractivity contribution >= 4 is 27.7 Å². The standard InChI is InChI=1S/C19H21BrO3/c1-18(2)16(21)19(11-5-3-4-6-12-19)15(23-17(18)22)13-7-9-14(20)10-8-13/h5,7-11,15H,3-4,6,12H2,1-2H3. The minimum Gasteiger partial charge on any atom is -0.455 e. The minimum atomic E-state index is -1.10. The van der Waals surface area contributed by atoms with E-state index in [0.29, 0.717) is 0 Å². The molecule has 2 aliphatic rings. The minimum absolute atomic E-state index is 0.0210. The van der Waals surface area contributed by atoms with Gasteiger partial charge in [-0.15, -0.1) is 0 Å². The summed E-state index contributed by atoms with van der Waals surface area (Å²) in [7, 11) is 0. The molecule has 1 aliphatic carbocycles. The van der Waals surface area contributed by atoms with Gasteiger partial charge in [0, 0.05) is 4.47 Å². The van der Waals surface area contributed by atoms with Crippen molar-refractivity contribution < 1.29 is 14.3 Å². The van der Waals surface area contributed by atoms with Crippen LogP contribution in [0, 0.1) is 10.8 Å². The predicted octanol–water partition coefficient (Wildman–Crippen LogP) is 4.76. The second kappa shape index (κ2) is 5.90. The second-order valence-electron chi connectivity index (χ2n) is 6.98. The fourth-order valence-corrected chi connectivity index (χ4v) is 3.88. The maximum absolute atomic E-state index is 13.3. The third-order valence-corrected chi connectivity index (χ3v) is 5.52. The Morgan fingerprint density at radius 3 is 2.52 bits per heavy atom. The normalized spacial score (nSPS) is 30.1. The Morgan fingerprint density at radius 2 is 1.83 bits per heavy atom. The Balaban J connectivity index is 2.13. The van der Waals surface area contributed by atoms with Crippen molar-refractivity contribution in [2.45, 2.75) is 45.6 Å². The smallest absolute Gasteiger partial charge is 0.319 e. The quantitative estimate of drug-likeness (QED) is 0.403. The molecule has 1 fully saturated rings. The highest BCUT2D eigenvalue weighted by Crippen LogP contribution is 2.52. The van der Waals surface area contributed by atoms with Crippen molar-refractivity contribution in [3.8, 4) is 0 Å². The van der Waals surface area contributed by atoms with Crippen LogP contribution in [0.5, 0.6) is 0 Å². The maximum atomic E-state index is 13.3. The van der Waals surface area contributed by atoms with Gasteiger partial charge in [0.05, 0.1) is 5.41 Å². The fourth-order valence-electron chi connectivity index (χ4n) is 3.62. The summed E-state index contributed by atoms with van der Waals surface area (Å²) in [5, 5.41) is 0. The molecule has 2 atom stereocenters. The van der Waals surface area contributed by atoms with Crippen LogP contribution in [0.1, 0.15) is 51.2 Å². The molecular formula is C19H21BrO3. The van der Waals surface area contributed by atoms with Gasteiger partial charge in [-0.1, -0.05) is 46.6 Å². The van der Waals surface area contributed by atoms with Crippen LogP contribution < -0.4 is 0 Å². The van der Waals surface area contributed by atoms with Gasteiger partial charge in [0.15, 0.2) is 5.78 Å². The zero-order valence-electron chi connectivity index (χ0n) is 13.5. The lowest BCUT2D eigenvalue weighted by Gasteiger charge is -2.45. The molecule has 1 aliphatic heterocycles. The van der Waals surface area contributed by atoms with E-state index in [9.17, 15) is 9.59 Å². The Morgan fingerprint density at radius 1 is 1.13 bits per heavy atom. The number of carbonyl (C=O) groups is 2. The predicted molar refractivity (Wildman–Crippen MR) is 91.8 cm³/mol. The molecule has 122 valence electrons. The first kappa shape index (κ1) is 16.4. The number of benzene rings is 1. The van der Waals surface area contributed by atoms with Gasteiger partial charge in [0.2, 0.25) is 0 Å². The van der Waals surface area contributed by atoms with Crippen molar-refractivity contribution in [1.29, 1.82) is 0 Å². The van der Waals surface area contributed by atoms with Crippen LogP contribution in [0.2, 0.25) is 0 Å². The first-order valence-corrected chi connectivity index (χ1v) is 8.86. The molecule has 3 rings (SSSR count). The van der Waals surface area contributed by atoms with Crippen molar-refractivity contribution in [3.63, 3.8) is 0 Å². The number of halogens is 1. The molecule has 1 aromatic carbocycles. The molecule has 23 heavy (non-hydrogen) atoms. The highest BCUT2D eigenvalue weighted by atomic mass is 79.9. The molecule has 2 unspecified atom stereocenters. The van der Waals surface area contributed by atoms with Crippen molar-refractivity contribution in [3.05, 3.63) is 46.5 Å². The third kappa shape index (κ3) is 2.67. The molecule has 1 saturated heterocycles. The number of Topliss-reactive ketones (excluding diaryl/α,β-unsaturated/α-hetero) is 1. The topological polar surface area (TPSA) is 43.4 Å². The van der Waals surface area contributed by atoms with E-state index in [2.05, 4.69) is 22.0 Å². The summed E-state index contributed by atoms with van der Waals surface area (Å²) in [5.74, 6) is -0.453. The van der Waals surface area contributed by atoms with Crippen molar-refractivity contribution in [2.24, 2.45) is 10.8 Å². The molecule has 1 aromatic rings. The summed E-state index contributed by atoms with van der Waals surface area (Å²) in [5.41, 5.74) is -0.973. The number of hydrogen-bond acceptors (Lipinski definition) is 3. The molecule has 4 heteroatoms.